The molecule has 2 aromatic heterocycles. The maximum atomic E-state index is 14.5. The van der Waals surface area contributed by atoms with Gasteiger partial charge in [-0.25, -0.2) is 23.9 Å². The summed E-state index contributed by atoms with van der Waals surface area (Å²) in [5, 5.41) is 5.41. The van der Waals surface area contributed by atoms with E-state index in [1.807, 2.05) is 52.0 Å². The zero-order valence-electron chi connectivity index (χ0n) is 41.0. The number of nitrogens with zero attached hydrogens (tertiary/aromatic N) is 5. The number of carbonyl (C=O) groups is 4. The molecule has 18 heteroatoms. The van der Waals surface area contributed by atoms with E-state index in [-0.39, 0.29) is 53.6 Å². The molecule has 0 spiro atoms. The van der Waals surface area contributed by atoms with Crippen molar-refractivity contribution < 1.29 is 42.5 Å². The van der Waals surface area contributed by atoms with Crippen molar-refractivity contribution in [1.29, 1.82) is 0 Å². The number of ether oxygens (including phenoxy) is 4. The molecule has 0 saturated carbocycles. The van der Waals surface area contributed by atoms with Gasteiger partial charge in [-0.2, -0.15) is 0 Å². The van der Waals surface area contributed by atoms with Gasteiger partial charge in [0.25, 0.3) is 0 Å². The smallest absolute Gasteiger partial charge is 0.407 e. The van der Waals surface area contributed by atoms with Crippen LogP contribution in [0.4, 0.5) is 19.7 Å². The normalized spacial score (nSPS) is 22.1. The number of methoxy groups -OCH3 is 4. The summed E-state index contributed by atoms with van der Waals surface area (Å²) in [4.78, 5) is 74.0. The molecule has 5 aromatic rings. The SMILES string of the molecule is COC(=O)N[C@H](C(=O)N1CCC[C@H]1c1ncc(-c2ccc([C@H]3[C@@H](OC)[C@H](OC)[C@H](c4ccc(-c5cnc([C@@H]6CCCN6C(=O)[C@@H](NC(=O)OC)C(C)C)[nH]5)cc4)N3c3ccc(F)cc3)cc2)[nH]1)C(C)C. The van der Waals surface area contributed by atoms with Crippen LogP contribution in [0.3, 0.4) is 0 Å². The van der Waals surface area contributed by atoms with Crippen LogP contribution in [0.2, 0.25) is 0 Å². The number of anilines is 1. The van der Waals surface area contributed by atoms with Crippen molar-refractivity contribution in [2.24, 2.45) is 11.8 Å². The molecule has 0 aliphatic carbocycles. The maximum absolute atomic E-state index is 14.5. The van der Waals surface area contributed by atoms with E-state index in [1.165, 1.54) is 26.4 Å². The van der Waals surface area contributed by atoms with Crippen LogP contribution in [0.1, 0.15) is 100 Å². The highest BCUT2D eigenvalue weighted by Gasteiger charge is 2.51. The zero-order chi connectivity index (χ0) is 49.8. The summed E-state index contributed by atoms with van der Waals surface area (Å²) in [5.41, 5.74) is 6.07. The number of nitrogens with one attached hydrogen (secondary N) is 4. The average Bonchev–Trinajstić information content (AvgIpc) is 4.24. The number of halogens is 1. The molecule has 3 aromatic carbocycles. The number of aromatic amines is 2. The van der Waals surface area contributed by atoms with Gasteiger partial charge in [-0.1, -0.05) is 76.2 Å². The Morgan fingerprint density at radius 1 is 0.614 bits per heavy atom. The van der Waals surface area contributed by atoms with Crippen LogP contribution in [0, 0.1) is 17.7 Å². The molecule has 4 amide bonds. The van der Waals surface area contributed by atoms with Crippen LogP contribution in [0.25, 0.3) is 22.5 Å². The van der Waals surface area contributed by atoms with Crippen molar-refractivity contribution in [1.82, 2.24) is 40.4 Å². The minimum absolute atomic E-state index is 0.147. The summed E-state index contributed by atoms with van der Waals surface area (Å²) < 4.78 is 36.7. The second-order valence-electron chi connectivity index (χ2n) is 18.9. The Labute approximate surface area is 407 Å². The van der Waals surface area contributed by atoms with Crippen molar-refractivity contribution in [3.8, 4) is 22.5 Å². The monoisotopic (exact) mass is 961 g/mol. The van der Waals surface area contributed by atoms with Gasteiger partial charge in [0.1, 0.15) is 41.8 Å². The fourth-order valence-electron chi connectivity index (χ4n) is 10.4. The van der Waals surface area contributed by atoms with Crippen LogP contribution in [0.5, 0.6) is 0 Å². The third-order valence-electron chi connectivity index (χ3n) is 14.0. The highest BCUT2D eigenvalue weighted by Crippen LogP contribution is 2.50. The van der Waals surface area contributed by atoms with Crippen molar-refractivity contribution in [3.63, 3.8) is 0 Å². The molecule has 3 saturated heterocycles. The topological polar surface area (TPSA) is 196 Å². The van der Waals surface area contributed by atoms with E-state index in [0.717, 1.165) is 65.0 Å². The van der Waals surface area contributed by atoms with E-state index in [1.54, 1.807) is 48.5 Å². The summed E-state index contributed by atoms with van der Waals surface area (Å²) in [5.74, 6) is 0.355. The molecule has 4 N–H and O–H groups in total. The van der Waals surface area contributed by atoms with Gasteiger partial charge >= 0.3 is 12.2 Å². The number of alkyl carbamates (subject to hydrolysis) is 2. The van der Waals surface area contributed by atoms with Gasteiger partial charge in [-0.3, -0.25) is 9.59 Å². The first-order valence-electron chi connectivity index (χ1n) is 24.0. The number of hydrogen-bond donors (Lipinski definition) is 4. The number of amides is 4. The predicted octanol–water partition coefficient (Wildman–Crippen LogP) is 8.03. The first-order chi connectivity index (χ1) is 33.8. The first kappa shape index (κ1) is 49.6. The number of aromatic nitrogens is 4. The minimum atomic E-state index is -0.734. The Morgan fingerprint density at radius 2 is 1.01 bits per heavy atom. The van der Waals surface area contributed by atoms with E-state index < -0.39 is 36.5 Å². The standard InChI is InChI=1S/C52H64FN9O8/c1-29(2)41(58-51(65)69-7)49(63)60-25-9-11-39(60)47-54-27-37(56-47)31-13-17-33(18-14-31)43-45(67-5)46(68-6)44(62(43)36-23-21-35(53)22-24-36)34-19-15-32(16-20-34)38-28-55-48(57-38)40-12-10-26-61(40)50(64)42(30(3)4)59-52(66)70-8/h13-24,27-30,39-46H,9-12,25-26H2,1-8H3,(H,54,56)(H,55,57)(H,58,65)(H,59,66)/t39-,40-,41-,42-,43-,44-,45+,46+/m0/s1. The van der Waals surface area contributed by atoms with Gasteiger partial charge < -0.3 is 54.2 Å². The van der Waals surface area contributed by atoms with Gasteiger partial charge in [-0.05, 0) is 84.0 Å². The Hall–Kier alpha value is -6.79. The van der Waals surface area contributed by atoms with Crippen molar-refractivity contribution in [2.75, 3.05) is 46.4 Å². The van der Waals surface area contributed by atoms with Gasteiger partial charge in [-0.15, -0.1) is 0 Å². The number of imidazole rings is 2. The van der Waals surface area contributed by atoms with Gasteiger partial charge in [0.15, 0.2) is 0 Å². The molecule has 3 aliphatic rings. The molecule has 0 unspecified atom stereocenters. The van der Waals surface area contributed by atoms with E-state index in [9.17, 15) is 23.6 Å². The average molecular weight is 962 g/mol. The summed E-state index contributed by atoms with van der Waals surface area (Å²) in [6.45, 7) is 8.65. The molecule has 5 heterocycles. The lowest BCUT2D eigenvalue weighted by atomic mass is 9.96. The van der Waals surface area contributed by atoms with Crippen LogP contribution in [-0.2, 0) is 28.5 Å². The molecular formula is C52H64FN9O8. The second-order valence-corrected chi connectivity index (χ2v) is 18.9. The summed E-state index contributed by atoms with van der Waals surface area (Å²) in [6.07, 6.45) is 4.45. The van der Waals surface area contributed by atoms with Gasteiger partial charge in [0.2, 0.25) is 11.8 Å². The molecule has 17 nitrogen and oxygen atoms in total. The van der Waals surface area contributed by atoms with E-state index >= 15 is 0 Å². The lowest BCUT2D eigenvalue weighted by Crippen LogP contribution is -2.51. The Balaban J connectivity index is 1.04. The molecule has 8 atom stereocenters. The second kappa shape index (κ2) is 21.5. The number of likely N-dealkylation sites (tertiary alicyclic amines) is 2. The molecule has 372 valence electrons. The van der Waals surface area contributed by atoms with Crippen LogP contribution < -0.4 is 15.5 Å². The lowest BCUT2D eigenvalue weighted by molar-refractivity contribution is -0.136. The summed E-state index contributed by atoms with van der Waals surface area (Å²) >= 11 is 0. The Bertz CT molecular complexity index is 2450. The fourth-order valence-corrected chi connectivity index (χ4v) is 10.4. The summed E-state index contributed by atoms with van der Waals surface area (Å²) in [7, 11) is 5.92. The van der Waals surface area contributed by atoms with Crippen molar-refractivity contribution in [3.05, 3.63) is 114 Å². The summed E-state index contributed by atoms with van der Waals surface area (Å²) in [6, 6.07) is 20.1. The van der Waals surface area contributed by atoms with Crippen LogP contribution >= 0.6 is 0 Å². The van der Waals surface area contributed by atoms with E-state index in [4.69, 9.17) is 28.9 Å². The van der Waals surface area contributed by atoms with Crippen molar-refractivity contribution >= 4 is 29.7 Å². The Morgan fingerprint density at radius 3 is 1.37 bits per heavy atom. The molecule has 0 radical (unpaired) electrons. The predicted molar refractivity (Wildman–Crippen MR) is 260 cm³/mol. The van der Waals surface area contributed by atoms with E-state index in [0.29, 0.717) is 24.7 Å². The molecule has 8 rings (SSSR count). The number of hydrogen-bond acceptors (Lipinski definition) is 11. The number of H-pyrrole nitrogens is 2. The fraction of sp³-hybridized carbons (Fsp3) is 0.462. The lowest BCUT2D eigenvalue weighted by Gasteiger charge is -2.34. The van der Waals surface area contributed by atoms with Crippen molar-refractivity contribution in [2.45, 2.75) is 102 Å². The first-order valence-corrected chi connectivity index (χ1v) is 24.0. The minimum Gasteiger partial charge on any atom is -0.453 e. The van der Waals surface area contributed by atoms with E-state index in [2.05, 4.69) is 49.8 Å². The van der Waals surface area contributed by atoms with Gasteiger partial charge in [0.05, 0.1) is 62.2 Å². The third kappa shape index (κ3) is 9.97. The number of carbonyl (C=O) groups excluding carboxylic acids is 4. The molecule has 0 bridgehead atoms. The molecule has 3 fully saturated rings. The number of benzene rings is 3. The zero-order valence-corrected chi connectivity index (χ0v) is 41.0. The van der Waals surface area contributed by atoms with Crippen LogP contribution in [-0.4, -0.2) is 120 Å². The highest BCUT2D eigenvalue weighted by atomic mass is 19.1. The molecule has 3 aliphatic heterocycles. The number of rotatable bonds is 15. The largest absolute Gasteiger partial charge is 0.453 e. The molecule has 70 heavy (non-hydrogen) atoms. The maximum Gasteiger partial charge on any atom is 0.407 e. The quantitative estimate of drug-likeness (QED) is 0.0793. The van der Waals surface area contributed by atoms with Gasteiger partial charge in [0, 0.05) is 33.0 Å². The highest BCUT2D eigenvalue weighted by molar-refractivity contribution is 5.87. The Kier molecular flexibility index (Phi) is 15.2. The third-order valence-corrected chi connectivity index (χ3v) is 14.0. The van der Waals surface area contributed by atoms with Crippen LogP contribution in [0.15, 0.2) is 85.2 Å². The molecular weight excluding hydrogens is 898 g/mol.